The molecule has 1 aliphatic rings. The van der Waals surface area contributed by atoms with Gasteiger partial charge in [0, 0.05) is 30.3 Å². The van der Waals surface area contributed by atoms with Crippen LogP contribution in [-0.4, -0.2) is 39.2 Å². The summed E-state index contributed by atoms with van der Waals surface area (Å²) < 4.78 is 8.54. The predicted molar refractivity (Wildman–Crippen MR) is 106 cm³/mol. The lowest BCUT2D eigenvalue weighted by atomic mass is 10.1. The monoisotopic (exact) mass is 427 g/mol. The summed E-state index contributed by atoms with van der Waals surface area (Å²) in [6.07, 6.45) is 3.01. The number of hydrogen-bond acceptors (Lipinski definition) is 6. The highest BCUT2D eigenvalue weighted by molar-refractivity contribution is 9.10. The van der Waals surface area contributed by atoms with Crippen LogP contribution in [0.1, 0.15) is 11.7 Å². The molecule has 138 valence electrons. The van der Waals surface area contributed by atoms with Crippen LogP contribution < -0.4 is 10.5 Å². The van der Waals surface area contributed by atoms with Crippen molar-refractivity contribution in [3.63, 3.8) is 0 Å². The average molecular weight is 428 g/mol. The van der Waals surface area contributed by atoms with E-state index >= 15 is 0 Å². The molecule has 1 saturated heterocycles. The number of halogens is 1. The van der Waals surface area contributed by atoms with Crippen molar-refractivity contribution in [2.75, 3.05) is 24.6 Å². The summed E-state index contributed by atoms with van der Waals surface area (Å²) >= 11 is 3.46. The van der Waals surface area contributed by atoms with Gasteiger partial charge in [0.1, 0.15) is 12.4 Å². The second kappa shape index (κ2) is 7.58. The van der Waals surface area contributed by atoms with Gasteiger partial charge in [-0.15, -0.1) is 0 Å². The summed E-state index contributed by atoms with van der Waals surface area (Å²) in [6, 6.07) is 11.3. The molecule has 1 fully saturated rings. The van der Waals surface area contributed by atoms with Gasteiger partial charge in [0.25, 0.3) is 5.56 Å². The third kappa shape index (κ3) is 3.77. The summed E-state index contributed by atoms with van der Waals surface area (Å²) in [5, 5.41) is 0. The Morgan fingerprint density at radius 1 is 1.19 bits per heavy atom. The fourth-order valence-electron chi connectivity index (χ4n) is 3.09. The van der Waals surface area contributed by atoms with Gasteiger partial charge < -0.3 is 9.64 Å². The number of nitrogens with zero attached hydrogens (tertiary/aromatic N) is 5. The Morgan fingerprint density at radius 2 is 2.00 bits per heavy atom. The van der Waals surface area contributed by atoms with Crippen molar-refractivity contribution in [2.45, 2.75) is 6.10 Å². The second-order valence-corrected chi connectivity index (χ2v) is 7.21. The molecule has 3 aromatic rings. The predicted octanol–water partition coefficient (Wildman–Crippen LogP) is 2.58. The molecule has 0 saturated carbocycles. The Hall–Kier alpha value is -2.58. The van der Waals surface area contributed by atoms with E-state index in [-0.39, 0.29) is 11.7 Å². The van der Waals surface area contributed by atoms with Crippen LogP contribution in [0.15, 0.2) is 58.2 Å². The molecule has 0 amide bonds. The zero-order valence-electron chi connectivity index (χ0n) is 14.7. The maximum atomic E-state index is 12.5. The van der Waals surface area contributed by atoms with Crippen LogP contribution in [0.25, 0.3) is 11.4 Å². The van der Waals surface area contributed by atoms with Crippen LogP contribution in [0, 0.1) is 0 Å². The van der Waals surface area contributed by atoms with Crippen molar-refractivity contribution in [3.8, 4) is 11.4 Å². The van der Waals surface area contributed by atoms with E-state index in [0.29, 0.717) is 37.0 Å². The highest BCUT2D eigenvalue weighted by atomic mass is 79.9. The molecule has 8 heteroatoms. The molecular formula is C19H18BrN5O2. The Bertz CT molecular complexity index is 991. The first-order valence-electron chi connectivity index (χ1n) is 8.58. The van der Waals surface area contributed by atoms with Gasteiger partial charge >= 0.3 is 0 Å². The highest BCUT2D eigenvalue weighted by Crippen LogP contribution is 2.26. The van der Waals surface area contributed by atoms with Crippen molar-refractivity contribution in [1.29, 1.82) is 0 Å². The largest absolute Gasteiger partial charge is 0.370 e. The lowest BCUT2D eigenvalue weighted by Gasteiger charge is -2.34. The SMILES string of the molecule is Cn1c(N2CCO[C@@H](c3ccc(Br)cc3)C2)nc(-c2ccncn2)cc1=O. The summed E-state index contributed by atoms with van der Waals surface area (Å²) in [7, 11) is 1.73. The molecule has 0 unspecified atom stereocenters. The maximum Gasteiger partial charge on any atom is 0.255 e. The van der Waals surface area contributed by atoms with Crippen LogP contribution in [-0.2, 0) is 11.8 Å². The molecule has 2 aromatic heterocycles. The molecule has 0 aliphatic carbocycles. The van der Waals surface area contributed by atoms with Crippen molar-refractivity contribution < 1.29 is 4.74 Å². The Morgan fingerprint density at radius 3 is 2.74 bits per heavy atom. The number of aromatic nitrogens is 4. The van der Waals surface area contributed by atoms with E-state index in [1.54, 1.807) is 23.9 Å². The van der Waals surface area contributed by atoms with Crippen molar-refractivity contribution in [2.24, 2.45) is 7.05 Å². The summed E-state index contributed by atoms with van der Waals surface area (Å²) in [5.74, 6) is 0.613. The average Bonchev–Trinajstić information content (AvgIpc) is 2.71. The standard InChI is InChI=1S/C19H18BrN5O2/c1-24-18(26)10-16(15-6-7-21-12-22-15)23-19(24)25-8-9-27-17(11-25)13-2-4-14(20)5-3-13/h2-7,10,12,17H,8-9,11H2,1H3/t17-/m1/s1. The Balaban J connectivity index is 1.67. The Labute approximate surface area is 164 Å². The second-order valence-electron chi connectivity index (χ2n) is 6.29. The minimum Gasteiger partial charge on any atom is -0.370 e. The zero-order valence-corrected chi connectivity index (χ0v) is 16.3. The number of hydrogen-bond donors (Lipinski definition) is 0. The Kier molecular flexibility index (Phi) is 5.00. The third-order valence-corrected chi connectivity index (χ3v) is 5.08. The van der Waals surface area contributed by atoms with Gasteiger partial charge in [0.2, 0.25) is 5.95 Å². The van der Waals surface area contributed by atoms with Crippen molar-refractivity contribution in [1.82, 2.24) is 19.5 Å². The quantitative estimate of drug-likeness (QED) is 0.639. The lowest BCUT2D eigenvalue weighted by Crippen LogP contribution is -2.41. The summed E-state index contributed by atoms with van der Waals surface area (Å²) in [6.45, 7) is 1.85. The van der Waals surface area contributed by atoms with Gasteiger partial charge in [-0.2, -0.15) is 0 Å². The number of benzene rings is 1. The van der Waals surface area contributed by atoms with Gasteiger partial charge in [-0.3, -0.25) is 9.36 Å². The molecule has 0 bridgehead atoms. The number of morpholine rings is 1. The van der Waals surface area contributed by atoms with E-state index in [1.165, 1.54) is 12.4 Å². The van der Waals surface area contributed by atoms with E-state index in [1.807, 2.05) is 24.3 Å². The highest BCUT2D eigenvalue weighted by Gasteiger charge is 2.25. The molecule has 1 aromatic carbocycles. The molecule has 1 aliphatic heterocycles. The number of ether oxygens (including phenoxy) is 1. The van der Waals surface area contributed by atoms with Gasteiger partial charge in [0.15, 0.2) is 0 Å². The van der Waals surface area contributed by atoms with Crippen molar-refractivity contribution >= 4 is 21.9 Å². The fraction of sp³-hybridized carbons (Fsp3) is 0.263. The first-order chi connectivity index (χ1) is 13.1. The van der Waals surface area contributed by atoms with Crippen LogP contribution >= 0.6 is 15.9 Å². The molecule has 7 nitrogen and oxygen atoms in total. The van der Waals surface area contributed by atoms with Gasteiger partial charge in [-0.05, 0) is 23.8 Å². The van der Waals surface area contributed by atoms with Gasteiger partial charge in [-0.1, -0.05) is 28.1 Å². The minimum absolute atomic E-state index is 0.0774. The van der Waals surface area contributed by atoms with Crippen LogP contribution in [0.5, 0.6) is 0 Å². The minimum atomic E-state index is -0.125. The molecule has 0 radical (unpaired) electrons. The van der Waals surface area contributed by atoms with Crippen LogP contribution in [0.3, 0.4) is 0 Å². The molecule has 0 N–H and O–H groups in total. The molecule has 27 heavy (non-hydrogen) atoms. The molecule has 3 heterocycles. The van der Waals surface area contributed by atoms with Crippen LogP contribution in [0.2, 0.25) is 0 Å². The molecular weight excluding hydrogens is 410 g/mol. The first-order valence-corrected chi connectivity index (χ1v) is 9.37. The molecule has 1 atom stereocenters. The van der Waals surface area contributed by atoms with E-state index in [4.69, 9.17) is 9.72 Å². The summed E-state index contributed by atoms with van der Waals surface area (Å²) in [5.41, 5.74) is 2.14. The summed E-state index contributed by atoms with van der Waals surface area (Å²) in [4.78, 5) is 27.4. The van der Waals surface area contributed by atoms with Gasteiger partial charge in [0.05, 0.1) is 24.5 Å². The lowest BCUT2D eigenvalue weighted by molar-refractivity contribution is 0.0389. The smallest absolute Gasteiger partial charge is 0.255 e. The number of rotatable bonds is 3. The van der Waals surface area contributed by atoms with Crippen molar-refractivity contribution in [3.05, 3.63) is 69.3 Å². The van der Waals surface area contributed by atoms with E-state index in [2.05, 4.69) is 30.8 Å². The topological polar surface area (TPSA) is 73.1 Å². The normalized spacial score (nSPS) is 17.1. The maximum absolute atomic E-state index is 12.5. The van der Waals surface area contributed by atoms with Crippen LogP contribution in [0.4, 0.5) is 5.95 Å². The third-order valence-electron chi connectivity index (χ3n) is 4.55. The molecule has 0 spiro atoms. The zero-order chi connectivity index (χ0) is 18.8. The molecule has 4 rings (SSSR count). The van der Waals surface area contributed by atoms with Gasteiger partial charge in [-0.25, -0.2) is 15.0 Å². The first kappa shape index (κ1) is 17.8. The fourth-order valence-corrected chi connectivity index (χ4v) is 3.36. The van der Waals surface area contributed by atoms with E-state index in [9.17, 15) is 4.79 Å². The van der Waals surface area contributed by atoms with E-state index in [0.717, 1.165) is 10.0 Å². The number of anilines is 1. The van der Waals surface area contributed by atoms with E-state index < -0.39 is 0 Å².